The molecule has 1 aliphatic heterocycles. The number of methoxy groups -OCH3 is 1. The Morgan fingerprint density at radius 1 is 1.30 bits per heavy atom. The molecule has 0 aromatic heterocycles. The molecule has 0 radical (unpaired) electrons. The van der Waals surface area contributed by atoms with E-state index < -0.39 is 0 Å². The summed E-state index contributed by atoms with van der Waals surface area (Å²) in [6, 6.07) is 6.45. The molecular weight excluding hydrogens is 248 g/mol. The van der Waals surface area contributed by atoms with Gasteiger partial charge in [0.05, 0.1) is 7.11 Å². The number of nitrogens with zero attached hydrogens (tertiary/aromatic N) is 1. The topological polar surface area (TPSA) is 24.5 Å². The third kappa shape index (κ3) is 3.33. The Bertz CT molecular complexity index is 441. The van der Waals surface area contributed by atoms with Crippen LogP contribution in [0.1, 0.15) is 37.8 Å². The standard InChI is InChI=1S/C17H28N2O/c1-5-17(6-2)13-19(10-9-18-17)12-15-11-14(3)7-8-16(15)20-4/h7-8,11,18H,5-6,9-10,12-13H2,1-4H3. The Balaban J connectivity index is 2.11. The van der Waals surface area contributed by atoms with Gasteiger partial charge < -0.3 is 10.1 Å². The van der Waals surface area contributed by atoms with Crippen LogP contribution in [0.25, 0.3) is 0 Å². The lowest BCUT2D eigenvalue weighted by Crippen LogP contribution is -2.59. The van der Waals surface area contributed by atoms with Gasteiger partial charge in [0.25, 0.3) is 0 Å². The second-order valence-corrected chi connectivity index (χ2v) is 5.94. The lowest BCUT2D eigenvalue weighted by atomic mass is 9.90. The molecule has 2 rings (SSSR count). The maximum absolute atomic E-state index is 5.50. The number of ether oxygens (including phenoxy) is 1. The van der Waals surface area contributed by atoms with Crippen LogP contribution in [0.5, 0.6) is 5.75 Å². The summed E-state index contributed by atoms with van der Waals surface area (Å²) >= 11 is 0. The molecule has 1 N–H and O–H groups in total. The molecule has 1 aliphatic rings. The molecule has 1 aromatic carbocycles. The zero-order valence-electron chi connectivity index (χ0n) is 13.3. The zero-order valence-corrected chi connectivity index (χ0v) is 13.3. The van der Waals surface area contributed by atoms with Gasteiger partial charge in [-0.3, -0.25) is 4.90 Å². The van der Waals surface area contributed by atoms with E-state index in [0.717, 1.165) is 31.9 Å². The fourth-order valence-electron chi connectivity index (χ4n) is 3.17. The molecule has 1 heterocycles. The van der Waals surface area contributed by atoms with Gasteiger partial charge in [-0.2, -0.15) is 0 Å². The van der Waals surface area contributed by atoms with Crippen LogP contribution in [0.4, 0.5) is 0 Å². The molecule has 1 saturated heterocycles. The monoisotopic (exact) mass is 276 g/mol. The molecule has 0 amide bonds. The highest BCUT2D eigenvalue weighted by atomic mass is 16.5. The first-order valence-corrected chi connectivity index (χ1v) is 7.73. The predicted octanol–water partition coefficient (Wildman–Crippen LogP) is 2.97. The minimum Gasteiger partial charge on any atom is -0.496 e. The van der Waals surface area contributed by atoms with E-state index in [0.29, 0.717) is 0 Å². The molecule has 3 nitrogen and oxygen atoms in total. The maximum atomic E-state index is 5.50. The first kappa shape index (κ1) is 15.3. The highest BCUT2D eigenvalue weighted by molar-refractivity contribution is 5.36. The SMILES string of the molecule is CCC1(CC)CN(Cc2cc(C)ccc2OC)CCN1. The minimum absolute atomic E-state index is 0.287. The lowest BCUT2D eigenvalue weighted by molar-refractivity contribution is 0.117. The Morgan fingerprint density at radius 3 is 2.70 bits per heavy atom. The van der Waals surface area contributed by atoms with Crippen molar-refractivity contribution in [3.8, 4) is 5.75 Å². The fraction of sp³-hybridized carbons (Fsp3) is 0.647. The van der Waals surface area contributed by atoms with Crippen molar-refractivity contribution in [3.05, 3.63) is 29.3 Å². The lowest BCUT2D eigenvalue weighted by Gasteiger charge is -2.43. The van der Waals surface area contributed by atoms with Crippen LogP contribution in [0.2, 0.25) is 0 Å². The van der Waals surface area contributed by atoms with Crippen molar-refractivity contribution in [2.45, 2.75) is 45.7 Å². The average molecular weight is 276 g/mol. The highest BCUT2D eigenvalue weighted by Crippen LogP contribution is 2.25. The van der Waals surface area contributed by atoms with E-state index in [-0.39, 0.29) is 5.54 Å². The smallest absolute Gasteiger partial charge is 0.123 e. The number of hydrogen-bond donors (Lipinski definition) is 1. The summed E-state index contributed by atoms with van der Waals surface area (Å²) in [5.74, 6) is 1.01. The van der Waals surface area contributed by atoms with Gasteiger partial charge >= 0.3 is 0 Å². The van der Waals surface area contributed by atoms with Crippen LogP contribution >= 0.6 is 0 Å². The van der Waals surface area contributed by atoms with Crippen molar-refractivity contribution in [2.24, 2.45) is 0 Å². The second-order valence-electron chi connectivity index (χ2n) is 5.94. The molecule has 3 heteroatoms. The van der Waals surface area contributed by atoms with Crippen LogP contribution in [-0.4, -0.2) is 37.2 Å². The van der Waals surface area contributed by atoms with Crippen LogP contribution in [0.3, 0.4) is 0 Å². The van der Waals surface area contributed by atoms with Gasteiger partial charge in [-0.05, 0) is 25.8 Å². The number of rotatable bonds is 5. The summed E-state index contributed by atoms with van der Waals surface area (Å²) in [6.07, 6.45) is 2.37. The number of nitrogens with one attached hydrogen (secondary N) is 1. The summed E-state index contributed by atoms with van der Waals surface area (Å²) < 4.78 is 5.50. The summed E-state index contributed by atoms with van der Waals surface area (Å²) in [5, 5.41) is 3.71. The minimum atomic E-state index is 0.287. The molecule has 0 unspecified atom stereocenters. The van der Waals surface area contributed by atoms with E-state index >= 15 is 0 Å². The quantitative estimate of drug-likeness (QED) is 0.895. The van der Waals surface area contributed by atoms with Gasteiger partial charge in [-0.15, -0.1) is 0 Å². The summed E-state index contributed by atoms with van der Waals surface area (Å²) in [7, 11) is 1.76. The Hall–Kier alpha value is -1.06. The normalized spacial score (nSPS) is 19.0. The van der Waals surface area contributed by atoms with E-state index in [2.05, 4.69) is 49.2 Å². The van der Waals surface area contributed by atoms with E-state index in [1.807, 2.05) is 0 Å². The number of hydrogen-bond acceptors (Lipinski definition) is 3. The molecule has 0 aliphatic carbocycles. The third-order valence-electron chi connectivity index (χ3n) is 4.64. The van der Waals surface area contributed by atoms with Crippen molar-refractivity contribution in [3.63, 3.8) is 0 Å². The van der Waals surface area contributed by atoms with Crippen LogP contribution in [0.15, 0.2) is 18.2 Å². The second kappa shape index (κ2) is 6.59. The van der Waals surface area contributed by atoms with E-state index in [1.165, 1.54) is 24.0 Å². The first-order valence-electron chi connectivity index (χ1n) is 7.73. The Labute approximate surface area is 123 Å². The molecule has 20 heavy (non-hydrogen) atoms. The van der Waals surface area contributed by atoms with Gasteiger partial charge in [0.2, 0.25) is 0 Å². The number of aryl methyl sites for hydroxylation is 1. The Kier molecular flexibility index (Phi) is 5.06. The molecule has 0 spiro atoms. The van der Waals surface area contributed by atoms with Gasteiger partial charge in [0.15, 0.2) is 0 Å². The van der Waals surface area contributed by atoms with Gasteiger partial charge in [0, 0.05) is 37.3 Å². The molecule has 0 saturated carbocycles. The average Bonchev–Trinajstić information content (AvgIpc) is 2.47. The highest BCUT2D eigenvalue weighted by Gasteiger charge is 2.31. The molecule has 0 atom stereocenters. The van der Waals surface area contributed by atoms with Crippen molar-refractivity contribution in [2.75, 3.05) is 26.7 Å². The fourth-order valence-corrected chi connectivity index (χ4v) is 3.17. The largest absolute Gasteiger partial charge is 0.496 e. The van der Waals surface area contributed by atoms with Gasteiger partial charge in [-0.25, -0.2) is 0 Å². The van der Waals surface area contributed by atoms with Crippen molar-refractivity contribution < 1.29 is 4.74 Å². The van der Waals surface area contributed by atoms with Gasteiger partial charge in [-0.1, -0.05) is 31.5 Å². The van der Waals surface area contributed by atoms with Crippen molar-refractivity contribution in [1.29, 1.82) is 0 Å². The van der Waals surface area contributed by atoms with Crippen LogP contribution in [-0.2, 0) is 6.54 Å². The Morgan fingerprint density at radius 2 is 2.05 bits per heavy atom. The van der Waals surface area contributed by atoms with Gasteiger partial charge in [0.1, 0.15) is 5.75 Å². The van der Waals surface area contributed by atoms with E-state index in [1.54, 1.807) is 7.11 Å². The molecular formula is C17H28N2O. The number of benzene rings is 1. The summed E-state index contributed by atoms with van der Waals surface area (Å²) in [4.78, 5) is 2.56. The summed E-state index contributed by atoms with van der Waals surface area (Å²) in [5.41, 5.74) is 2.89. The molecule has 112 valence electrons. The van der Waals surface area contributed by atoms with Crippen molar-refractivity contribution >= 4 is 0 Å². The molecule has 0 bridgehead atoms. The predicted molar refractivity (Wildman–Crippen MR) is 84.3 cm³/mol. The van der Waals surface area contributed by atoms with Crippen molar-refractivity contribution in [1.82, 2.24) is 10.2 Å². The third-order valence-corrected chi connectivity index (χ3v) is 4.64. The molecule has 1 fully saturated rings. The number of piperazine rings is 1. The van der Waals surface area contributed by atoms with Crippen LogP contribution in [0, 0.1) is 6.92 Å². The maximum Gasteiger partial charge on any atom is 0.123 e. The van der Waals surface area contributed by atoms with Crippen LogP contribution < -0.4 is 10.1 Å². The zero-order chi connectivity index (χ0) is 14.6. The van der Waals surface area contributed by atoms with E-state index in [4.69, 9.17) is 4.74 Å². The molecule has 1 aromatic rings. The summed E-state index contributed by atoms with van der Waals surface area (Å²) in [6.45, 7) is 11.0. The van der Waals surface area contributed by atoms with E-state index in [9.17, 15) is 0 Å². The first-order chi connectivity index (χ1) is 9.62.